The van der Waals surface area contributed by atoms with E-state index in [-0.39, 0.29) is 6.10 Å². The lowest BCUT2D eigenvalue weighted by Gasteiger charge is -2.24. The van der Waals surface area contributed by atoms with Crippen molar-refractivity contribution in [3.05, 3.63) is 23.8 Å². The minimum atomic E-state index is -0.389. The molecule has 2 aliphatic heterocycles. The van der Waals surface area contributed by atoms with Gasteiger partial charge in [-0.05, 0) is 54.4 Å². The molecule has 4 heteroatoms. The molecule has 1 aromatic rings. The van der Waals surface area contributed by atoms with Gasteiger partial charge < -0.3 is 14.6 Å². The van der Waals surface area contributed by atoms with Gasteiger partial charge in [-0.25, -0.2) is 0 Å². The van der Waals surface area contributed by atoms with Crippen molar-refractivity contribution in [2.45, 2.75) is 31.8 Å². The van der Waals surface area contributed by atoms with E-state index in [1.54, 1.807) is 0 Å². The van der Waals surface area contributed by atoms with E-state index in [0.717, 1.165) is 29.9 Å². The minimum absolute atomic E-state index is 0.389. The summed E-state index contributed by atoms with van der Waals surface area (Å²) in [5.41, 5.74) is 0.951. The number of rotatable bonds is 3. The number of thioether (sulfide) groups is 1. The molecule has 2 aliphatic rings. The molecular formula is C16H22O3S. The highest BCUT2D eigenvalue weighted by molar-refractivity contribution is 7.99. The summed E-state index contributed by atoms with van der Waals surface area (Å²) in [4.78, 5) is 0. The zero-order chi connectivity index (χ0) is 13.8. The summed E-state index contributed by atoms with van der Waals surface area (Å²) in [5, 5.41) is 10.4. The van der Waals surface area contributed by atoms with Crippen LogP contribution in [-0.2, 0) is 0 Å². The first-order valence-corrected chi connectivity index (χ1v) is 8.64. The lowest BCUT2D eigenvalue weighted by Crippen LogP contribution is -2.13. The Morgan fingerprint density at radius 2 is 1.90 bits per heavy atom. The first-order valence-electron chi connectivity index (χ1n) is 7.48. The maximum absolute atomic E-state index is 10.4. The van der Waals surface area contributed by atoms with Gasteiger partial charge in [0.2, 0.25) is 0 Å². The SMILES string of the molecule is OC(CC1CCSCC1)c1ccc2c(c1)OCCCO2. The molecule has 1 saturated heterocycles. The van der Waals surface area contributed by atoms with Crippen LogP contribution < -0.4 is 9.47 Å². The van der Waals surface area contributed by atoms with E-state index in [1.165, 1.54) is 24.3 Å². The molecule has 0 bridgehead atoms. The second kappa shape index (κ2) is 6.72. The zero-order valence-corrected chi connectivity index (χ0v) is 12.5. The molecular weight excluding hydrogens is 272 g/mol. The zero-order valence-electron chi connectivity index (χ0n) is 11.7. The number of aliphatic hydroxyl groups is 1. The third-order valence-corrected chi connectivity index (χ3v) is 5.10. The molecule has 0 spiro atoms. The molecule has 3 rings (SSSR count). The van der Waals surface area contributed by atoms with Crippen LogP contribution in [0.1, 0.15) is 37.4 Å². The highest BCUT2D eigenvalue weighted by Crippen LogP contribution is 2.35. The van der Waals surface area contributed by atoms with Crippen LogP contribution >= 0.6 is 11.8 Å². The molecule has 1 unspecified atom stereocenters. The maximum Gasteiger partial charge on any atom is 0.161 e. The average Bonchev–Trinajstić information content (AvgIpc) is 2.72. The molecule has 0 amide bonds. The normalized spacial score (nSPS) is 21.2. The topological polar surface area (TPSA) is 38.7 Å². The van der Waals surface area contributed by atoms with E-state index in [9.17, 15) is 5.11 Å². The molecule has 1 N–H and O–H groups in total. The fourth-order valence-corrected chi connectivity index (χ4v) is 4.03. The van der Waals surface area contributed by atoms with E-state index in [2.05, 4.69) is 0 Å². The van der Waals surface area contributed by atoms with E-state index >= 15 is 0 Å². The highest BCUT2D eigenvalue weighted by atomic mass is 32.2. The summed E-state index contributed by atoms with van der Waals surface area (Å²) in [6.45, 7) is 1.39. The van der Waals surface area contributed by atoms with Crippen LogP contribution in [0.5, 0.6) is 11.5 Å². The third kappa shape index (κ3) is 3.41. The lowest BCUT2D eigenvalue weighted by atomic mass is 9.92. The minimum Gasteiger partial charge on any atom is -0.490 e. The molecule has 1 atom stereocenters. The van der Waals surface area contributed by atoms with Gasteiger partial charge in [-0.1, -0.05) is 6.07 Å². The van der Waals surface area contributed by atoms with Crippen molar-refractivity contribution in [3.8, 4) is 11.5 Å². The number of ether oxygens (including phenoxy) is 2. The summed E-state index contributed by atoms with van der Waals surface area (Å²) in [6.07, 6.45) is 3.84. The smallest absolute Gasteiger partial charge is 0.161 e. The van der Waals surface area contributed by atoms with Crippen LogP contribution in [0, 0.1) is 5.92 Å². The number of fused-ring (bicyclic) bond motifs is 1. The van der Waals surface area contributed by atoms with Crippen LogP contribution in [0.3, 0.4) is 0 Å². The van der Waals surface area contributed by atoms with Crippen molar-refractivity contribution >= 4 is 11.8 Å². The van der Waals surface area contributed by atoms with Crippen molar-refractivity contribution in [3.63, 3.8) is 0 Å². The fraction of sp³-hybridized carbons (Fsp3) is 0.625. The fourth-order valence-electron chi connectivity index (χ4n) is 2.82. The molecule has 0 aliphatic carbocycles. The molecule has 3 nitrogen and oxygen atoms in total. The average molecular weight is 294 g/mol. The van der Waals surface area contributed by atoms with Crippen molar-refractivity contribution in [2.24, 2.45) is 5.92 Å². The van der Waals surface area contributed by atoms with Gasteiger partial charge >= 0.3 is 0 Å². The standard InChI is InChI=1S/C16H22O3S/c17-14(10-12-4-8-20-9-5-12)13-2-3-15-16(11-13)19-7-1-6-18-15/h2-3,11-12,14,17H,1,4-10H2. The number of aliphatic hydroxyl groups excluding tert-OH is 1. The van der Waals surface area contributed by atoms with Crippen LogP contribution in [-0.4, -0.2) is 29.8 Å². The second-order valence-corrected chi connectivity index (χ2v) is 6.79. The molecule has 2 heterocycles. The van der Waals surface area contributed by atoms with E-state index in [4.69, 9.17) is 9.47 Å². The number of hydrogen-bond donors (Lipinski definition) is 1. The van der Waals surface area contributed by atoms with Gasteiger partial charge in [0.05, 0.1) is 19.3 Å². The Hall–Kier alpha value is -0.870. The Bertz CT molecular complexity index is 443. The summed E-state index contributed by atoms with van der Waals surface area (Å²) in [7, 11) is 0. The summed E-state index contributed by atoms with van der Waals surface area (Å²) >= 11 is 2.02. The molecule has 1 fully saturated rings. The molecule has 110 valence electrons. The first kappa shape index (κ1) is 14.1. The van der Waals surface area contributed by atoms with Gasteiger partial charge in [-0.2, -0.15) is 11.8 Å². The highest BCUT2D eigenvalue weighted by Gasteiger charge is 2.20. The molecule has 20 heavy (non-hydrogen) atoms. The quantitative estimate of drug-likeness (QED) is 0.927. The molecule has 0 aromatic heterocycles. The molecule has 0 saturated carbocycles. The van der Waals surface area contributed by atoms with Gasteiger partial charge in [-0.3, -0.25) is 0 Å². The predicted octanol–water partition coefficient (Wildman–Crippen LogP) is 3.41. The van der Waals surface area contributed by atoms with Crippen molar-refractivity contribution < 1.29 is 14.6 Å². The summed E-state index contributed by atoms with van der Waals surface area (Å²) < 4.78 is 11.3. The van der Waals surface area contributed by atoms with E-state index in [1.807, 2.05) is 30.0 Å². The second-order valence-electron chi connectivity index (χ2n) is 5.56. The lowest BCUT2D eigenvalue weighted by molar-refractivity contribution is 0.140. The Balaban J connectivity index is 1.67. The van der Waals surface area contributed by atoms with Gasteiger partial charge in [-0.15, -0.1) is 0 Å². The van der Waals surface area contributed by atoms with Crippen LogP contribution in [0.25, 0.3) is 0 Å². The summed E-state index contributed by atoms with van der Waals surface area (Å²) in [5.74, 6) is 4.70. The molecule has 1 aromatic carbocycles. The number of hydrogen-bond acceptors (Lipinski definition) is 4. The van der Waals surface area contributed by atoms with Crippen LogP contribution in [0.2, 0.25) is 0 Å². The Morgan fingerprint density at radius 1 is 1.15 bits per heavy atom. The monoisotopic (exact) mass is 294 g/mol. The van der Waals surface area contributed by atoms with Gasteiger partial charge in [0, 0.05) is 6.42 Å². The third-order valence-electron chi connectivity index (χ3n) is 4.05. The van der Waals surface area contributed by atoms with Gasteiger partial charge in [0.15, 0.2) is 11.5 Å². The van der Waals surface area contributed by atoms with Crippen LogP contribution in [0.4, 0.5) is 0 Å². The molecule has 0 radical (unpaired) electrons. The van der Waals surface area contributed by atoms with Crippen molar-refractivity contribution in [2.75, 3.05) is 24.7 Å². The van der Waals surface area contributed by atoms with E-state index < -0.39 is 0 Å². The van der Waals surface area contributed by atoms with Gasteiger partial charge in [0.1, 0.15) is 0 Å². The maximum atomic E-state index is 10.4. The Kier molecular flexibility index (Phi) is 4.73. The number of benzene rings is 1. The first-order chi connectivity index (χ1) is 9.83. The Labute approximate surface area is 124 Å². The van der Waals surface area contributed by atoms with Crippen molar-refractivity contribution in [1.82, 2.24) is 0 Å². The largest absolute Gasteiger partial charge is 0.490 e. The Morgan fingerprint density at radius 3 is 2.70 bits per heavy atom. The summed E-state index contributed by atoms with van der Waals surface area (Å²) in [6, 6.07) is 5.84. The van der Waals surface area contributed by atoms with Crippen LogP contribution in [0.15, 0.2) is 18.2 Å². The van der Waals surface area contributed by atoms with Crippen molar-refractivity contribution in [1.29, 1.82) is 0 Å². The van der Waals surface area contributed by atoms with Gasteiger partial charge in [0.25, 0.3) is 0 Å². The predicted molar refractivity (Wildman–Crippen MR) is 81.7 cm³/mol. The van der Waals surface area contributed by atoms with E-state index in [0.29, 0.717) is 19.1 Å².